The number of aromatic carboxylic acids is 1. The van der Waals surface area contributed by atoms with Gasteiger partial charge in [0.25, 0.3) is 0 Å². The van der Waals surface area contributed by atoms with Crippen molar-refractivity contribution in [2.45, 2.75) is 19.4 Å². The lowest BCUT2D eigenvalue weighted by atomic mass is 10.1. The highest BCUT2D eigenvalue weighted by Gasteiger charge is 2.23. The van der Waals surface area contributed by atoms with Gasteiger partial charge in [-0.1, -0.05) is 0 Å². The second-order valence-electron chi connectivity index (χ2n) is 4.97. The van der Waals surface area contributed by atoms with Crippen LogP contribution >= 0.6 is 0 Å². The van der Waals surface area contributed by atoms with Crippen molar-refractivity contribution in [1.29, 1.82) is 0 Å². The molecule has 98 valence electrons. The summed E-state index contributed by atoms with van der Waals surface area (Å²) in [6.45, 7) is 1.79. The Morgan fingerprint density at radius 2 is 2.22 bits per heavy atom. The number of benzene rings is 1. The number of hydrogen-bond acceptors (Lipinski definition) is 3. The molecule has 4 heteroatoms. The first-order valence-electron chi connectivity index (χ1n) is 6.19. The second kappa shape index (κ2) is 5.40. The highest BCUT2D eigenvalue weighted by atomic mass is 16.5. The van der Waals surface area contributed by atoms with Crippen LogP contribution in [0.5, 0.6) is 5.75 Å². The molecule has 1 aliphatic carbocycles. The average molecular weight is 249 g/mol. The van der Waals surface area contributed by atoms with Crippen molar-refractivity contribution in [2.24, 2.45) is 5.92 Å². The molecule has 4 nitrogen and oxygen atoms in total. The third-order valence-corrected chi connectivity index (χ3v) is 3.23. The van der Waals surface area contributed by atoms with Crippen LogP contribution in [0.3, 0.4) is 0 Å². The lowest BCUT2D eigenvalue weighted by molar-refractivity contribution is 0.0696. The number of nitrogens with zero attached hydrogens (tertiary/aromatic N) is 1. The molecule has 0 amide bonds. The Kier molecular flexibility index (Phi) is 3.87. The minimum absolute atomic E-state index is 0.311. The van der Waals surface area contributed by atoms with Crippen molar-refractivity contribution in [3.05, 3.63) is 29.3 Å². The maximum atomic E-state index is 11.0. The van der Waals surface area contributed by atoms with Crippen LogP contribution in [0.4, 0.5) is 0 Å². The Labute approximate surface area is 107 Å². The predicted octanol–water partition coefficient (Wildman–Crippen LogP) is 2.24. The van der Waals surface area contributed by atoms with Gasteiger partial charge < -0.3 is 14.7 Å². The minimum Gasteiger partial charge on any atom is -0.496 e. The Morgan fingerprint density at radius 1 is 1.50 bits per heavy atom. The van der Waals surface area contributed by atoms with E-state index in [-0.39, 0.29) is 0 Å². The Bertz CT molecular complexity index is 441. The minimum atomic E-state index is -0.899. The number of carboxylic acids is 1. The third-order valence-electron chi connectivity index (χ3n) is 3.23. The molecule has 1 N–H and O–H groups in total. The number of ether oxygens (including phenoxy) is 1. The fourth-order valence-corrected chi connectivity index (χ4v) is 2.13. The molecule has 0 bridgehead atoms. The van der Waals surface area contributed by atoms with Crippen LogP contribution in [0.1, 0.15) is 28.8 Å². The van der Waals surface area contributed by atoms with E-state index >= 15 is 0 Å². The van der Waals surface area contributed by atoms with Crippen LogP contribution in [0.2, 0.25) is 0 Å². The van der Waals surface area contributed by atoms with Crippen molar-refractivity contribution in [1.82, 2.24) is 4.90 Å². The fraction of sp³-hybridized carbons (Fsp3) is 0.500. The summed E-state index contributed by atoms with van der Waals surface area (Å²) < 4.78 is 5.28. The van der Waals surface area contributed by atoms with Crippen LogP contribution in [0.15, 0.2) is 18.2 Å². The van der Waals surface area contributed by atoms with Crippen LogP contribution in [-0.2, 0) is 6.54 Å². The van der Waals surface area contributed by atoms with E-state index in [9.17, 15) is 4.79 Å². The maximum absolute atomic E-state index is 11.0. The SMILES string of the molecule is COc1ccc(C(=O)O)cc1CN(C)CC1CC1. The van der Waals surface area contributed by atoms with Gasteiger partial charge in [-0.25, -0.2) is 4.79 Å². The van der Waals surface area contributed by atoms with E-state index in [1.165, 1.54) is 12.8 Å². The summed E-state index contributed by atoms with van der Waals surface area (Å²) in [5, 5.41) is 9.01. The van der Waals surface area contributed by atoms with E-state index in [4.69, 9.17) is 9.84 Å². The largest absolute Gasteiger partial charge is 0.496 e. The van der Waals surface area contributed by atoms with Gasteiger partial charge >= 0.3 is 5.97 Å². The molecule has 1 saturated carbocycles. The molecule has 0 heterocycles. The van der Waals surface area contributed by atoms with Crippen molar-refractivity contribution in [2.75, 3.05) is 20.7 Å². The summed E-state index contributed by atoms with van der Waals surface area (Å²) >= 11 is 0. The quantitative estimate of drug-likeness (QED) is 0.840. The zero-order chi connectivity index (χ0) is 13.1. The lowest BCUT2D eigenvalue weighted by Gasteiger charge is -2.18. The molecular formula is C14H19NO3. The van der Waals surface area contributed by atoms with Gasteiger partial charge in [0.1, 0.15) is 5.75 Å². The summed E-state index contributed by atoms with van der Waals surface area (Å²) in [5.74, 6) is 0.676. The molecule has 1 aliphatic rings. The highest BCUT2D eigenvalue weighted by molar-refractivity contribution is 5.88. The van der Waals surface area contributed by atoms with E-state index in [0.29, 0.717) is 5.56 Å². The smallest absolute Gasteiger partial charge is 0.335 e. The summed E-state index contributed by atoms with van der Waals surface area (Å²) in [6, 6.07) is 5.00. The number of methoxy groups -OCH3 is 1. The molecule has 0 aromatic heterocycles. The first-order valence-corrected chi connectivity index (χ1v) is 6.19. The van der Waals surface area contributed by atoms with Gasteiger partial charge in [0.05, 0.1) is 12.7 Å². The van der Waals surface area contributed by atoms with E-state index in [2.05, 4.69) is 11.9 Å². The van der Waals surface area contributed by atoms with Gasteiger partial charge in [-0.2, -0.15) is 0 Å². The van der Waals surface area contributed by atoms with E-state index in [1.54, 1.807) is 25.3 Å². The fourth-order valence-electron chi connectivity index (χ4n) is 2.13. The first kappa shape index (κ1) is 12.9. The van der Waals surface area contributed by atoms with Crippen molar-refractivity contribution >= 4 is 5.97 Å². The van der Waals surface area contributed by atoms with Crippen molar-refractivity contribution in [3.63, 3.8) is 0 Å². The van der Waals surface area contributed by atoms with Crippen molar-refractivity contribution < 1.29 is 14.6 Å². The normalized spacial score (nSPS) is 14.8. The zero-order valence-electron chi connectivity index (χ0n) is 10.8. The molecule has 2 rings (SSSR count). The Hall–Kier alpha value is -1.55. The molecule has 0 radical (unpaired) electrons. The van der Waals surface area contributed by atoms with Crippen molar-refractivity contribution in [3.8, 4) is 5.75 Å². The topological polar surface area (TPSA) is 49.8 Å². The molecule has 18 heavy (non-hydrogen) atoms. The van der Waals surface area contributed by atoms with Crippen LogP contribution in [0, 0.1) is 5.92 Å². The van der Waals surface area contributed by atoms with Gasteiger partial charge in [0.15, 0.2) is 0 Å². The Balaban J connectivity index is 2.12. The summed E-state index contributed by atoms with van der Waals surface area (Å²) in [4.78, 5) is 13.2. The van der Waals surface area contributed by atoms with Gasteiger partial charge in [0.2, 0.25) is 0 Å². The molecule has 0 saturated heterocycles. The molecule has 1 aromatic rings. The predicted molar refractivity (Wildman–Crippen MR) is 69.0 cm³/mol. The molecule has 0 unspecified atom stereocenters. The molecule has 1 fully saturated rings. The standard InChI is InChI=1S/C14H19NO3/c1-15(8-10-3-4-10)9-12-7-11(14(16)17)5-6-13(12)18-2/h5-7,10H,3-4,8-9H2,1-2H3,(H,16,17). The van der Waals surface area contributed by atoms with Crippen LogP contribution in [0.25, 0.3) is 0 Å². The summed E-state index contributed by atoms with van der Waals surface area (Å²) in [7, 11) is 3.67. The third kappa shape index (κ3) is 3.23. The number of carboxylic acid groups (broad SMARTS) is 1. The van der Waals surface area contributed by atoms with Gasteiger partial charge in [-0.05, 0) is 44.0 Å². The van der Waals surface area contributed by atoms with Crippen LogP contribution in [-0.4, -0.2) is 36.7 Å². The number of rotatable bonds is 6. The Morgan fingerprint density at radius 3 is 2.78 bits per heavy atom. The summed E-state index contributed by atoms with van der Waals surface area (Å²) in [6.07, 6.45) is 2.63. The molecule has 1 aromatic carbocycles. The van der Waals surface area contributed by atoms with Crippen LogP contribution < -0.4 is 4.74 Å². The zero-order valence-corrected chi connectivity index (χ0v) is 10.8. The number of hydrogen-bond donors (Lipinski definition) is 1. The average Bonchev–Trinajstić information content (AvgIpc) is 3.12. The van der Waals surface area contributed by atoms with Gasteiger partial charge in [-0.3, -0.25) is 0 Å². The van der Waals surface area contributed by atoms with E-state index < -0.39 is 5.97 Å². The maximum Gasteiger partial charge on any atom is 0.335 e. The summed E-state index contributed by atoms with van der Waals surface area (Å²) in [5.41, 5.74) is 1.24. The monoisotopic (exact) mass is 249 g/mol. The molecule has 0 atom stereocenters. The first-order chi connectivity index (χ1) is 8.60. The van der Waals surface area contributed by atoms with E-state index in [0.717, 1.165) is 30.3 Å². The molecule has 0 spiro atoms. The molecule has 0 aliphatic heterocycles. The molecular weight excluding hydrogens is 230 g/mol. The lowest BCUT2D eigenvalue weighted by Crippen LogP contribution is -2.21. The second-order valence-corrected chi connectivity index (χ2v) is 4.97. The number of carbonyl (C=O) groups is 1. The highest BCUT2D eigenvalue weighted by Crippen LogP contribution is 2.30. The van der Waals surface area contributed by atoms with E-state index in [1.807, 2.05) is 0 Å². The van der Waals surface area contributed by atoms with Gasteiger partial charge in [-0.15, -0.1) is 0 Å². The van der Waals surface area contributed by atoms with Gasteiger partial charge in [0, 0.05) is 18.7 Å².